The summed E-state index contributed by atoms with van der Waals surface area (Å²) in [5, 5.41) is 0. The van der Waals surface area contributed by atoms with Crippen LogP contribution < -0.4 is 4.31 Å². The van der Waals surface area contributed by atoms with E-state index in [-0.39, 0.29) is 29.2 Å². The molecule has 0 aliphatic carbocycles. The van der Waals surface area contributed by atoms with Crippen LogP contribution in [0.5, 0.6) is 0 Å². The van der Waals surface area contributed by atoms with E-state index in [2.05, 4.69) is 0 Å². The van der Waals surface area contributed by atoms with Crippen LogP contribution in [-0.2, 0) is 30.8 Å². The molecule has 32 heavy (non-hydrogen) atoms. The average Bonchev–Trinajstić information content (AvgIpc) is 2.83. The Hall–Kier alpha value is -2.87. The number of esters is 1. The van der Waals surface area contributed by atoms with E-state index in [0.29, 0.717) is 38.2 Å². The highest BCUT2D eigenvalue weighted by atomic mass is 32.2. The van der Waals surface area contributed by atoms with Crippen LogP contribution in [0.1, 0.15) is 32.3 Å². The maximum absolute atomic E-state index is 13.4. The molecule has 1 saturated heterocycles. The molecule has 2 aromatic rings. The second-order valence-corrected chi connectivity index (χ2v) is 9.61. The summed E-state index contributed by atoms with van der Waals surface area (Å²) in [5.74, 6) is -0.736. The molecule has 0 unspecified atom stereocenters. The molecule has 7 nitrogen and oxygen atoms in total. The minimum absolute atomic E-state index is 0.133. The first-order valence-corrected chi connectivity index (χ1v) is 12.4. The van der Waals surface area contributed by atoms with Gasteiger partial charge >= 0.3 is 5.97 Å². The monoisotopic (exact) mass is 458 g/mol. The van der Waals surface area contributed by atoms with E-state index in [1.54, 1.807) is 42.2 Å². The number of rotatable bonds is 8. The van der Waals surface area contributed by atoms with Crippen molar-refractivity contribution in [2.24, 2.45) is 5.92 Å². The number of likely N-dealkylation sites (tertiary alicyclic amines) is 1. The van der Waals surface area contributed by atoms with Crippen molar-refractivity contribution in [1.29, 1.82) is 0 Å². The van der Waals surface area contributed by atoms with Gasteiger partial charge in [-0.05, 0) is 56.0 Å². The second kappa shape index (κ2) is 10.6. The van der Waals surface area contributed by atoms with Crippen LogP contribution in [0.4, 0.5) is 5.69 Å². The number of ether oxygens (including phenoxy) is 1. The first-order chi connectivity index (χ1) is 15.4. The summed E-state index contributed by atoms with van der Waals surface area (Å²) in [7, 11) is -3.93. The number of carbonyl (C=O) groups is 2. The molecule has 0 saturated carbocycles. The van der Waals surface area contributed by atoms with Gasteiger partial charge in [-0.3, -0.25) is 13.9 Å². The van der Waals surface area contributed by atoms with Gasteiger partial charge in [0.1, 0.15) is 6.54 Å². The van der Waals surface area contributed by atoms with E-state index >= 15 is 0 Å². The Morgan fingerprint density at radius 3 is 2.19 bits per heavy atom. The van der Waals surface area contributed by atoms with Crippen LogP contribution in [0, 0.1) is 5.92 Å². The van der Waals surface area contributed by atoms with Gasteiger partial charge in [-0.15, -0.1) is 0 Å². The third-order valence-electron chi connectivity index (χ3n) is 5.71. The topological polar surface area (TPSA) is 84.0 Å². The van der Waals surface area contributed by atoms with Crippen molar-refractivity contribution in [3.05, 3.63) is 60.2 Å². The lowest BCUT2D eigenvalue weighted by Crippen LogP contribution is -2.46. The molecule has 0 atom stereocenters. The third kappa shape index (κ3) is 5.48. The normalized spacial score (nSPS) is 14.8. The number of sulfonamides is 1. The second-order valence-electron chi connectivity index (χ2n) is 7.75. The minimum atomic E-state index is -3.93. The van der Waals surface area contributed by atoms with Gasteiger partial charge in [-0.1, -0.05) is 37.3 Å². The van der Waals surface area contributed by atoms with Gasteiger partial charge in [0.25, 0.3) is 10.0 Å². The smallest absolute Gasteiger partial charge is 0.309 e. The van der Waals surface area contributed by atoms with Gasteiger partial charge in [-0.2, -0.15) is 0 Å². The Balaban J connectivity index is 1.80. The van der Waals surface area contributed by atoms with Crippen LogP contribution in [0.3, 0.4) is 0 Å². The van der Waals surface area contributed by atoms with Crippen LogP contribution in [0.2, 0.25) is 0 Å². The molecule has 1 heterocycles. The van der Waals surface area contributed by atoms with Crippen molar-refractivity contribution in [3.8, 4) is 0 Å². The van der Waals surface area contributed by atoms with Gasteiger partial charge in [0.05, 0.1) is 23.1 Å². The van der Waals surface area contributed by atoms with Crippen LogP contribution in [0.25, 0.3) is 0 Å². The first-order valence-electron chi connectivity index (χ1n) is 11.0. The summed E-state index contributed by atoms with van der Waals surface area (Å²) in [4.78, 5) is 26.8. The van der Waals surface area contributed by atoms with E-state index < -0.39 is 10.0 Å². The predicted molar refractivity (Wildman–Crippen MR) is 123 cm³/mol. The number of piperidine rings is 1. The average molecular weight is 459 g/mol. The number of amides is 1. The molecule has 2 aromatic carbocycles. The van der Waals surface area contributed by atoms with E-state index in [0.717, 1.165) is 12.0 Å². The molecular formula is C24H30N2O5S. The van der Waals surface area contributed by atoms with Crippen molar-refractivity contribution in [2.45, 2.75) is 38.0 Å². The van der Waals surface area contributed by atoms with Gasteiger partial charge in [0, 0.05) is 13.1 Å². The van der Waals surface area contributed by atoms with Crippen molar-refractivity contribution >= 4 is 27.6 Å². The highest BCUT2D eigenvalue weighted by Gasteiger charge is 2.32. The minimum Gasteiger partial charge on any atom is -0.466 e. The zero-order chi connectivity index (χ0) is 23.1. The Morgan fingerprint density at radius 2 is 1.62 bits per heavy atom. The van der Waals surface area contributed by atoms with E-state index in [1.807, 2.05) is 19.1 Å². The fourth-order valence-electron chi connectivity index (χ4n) is 3.78. The summed E-state index contributed by atoms with van der Waals surface area (Å²) in [6.07, 6.45) is 1.86. The first kappa shape index (κ1) is 23.8. The molecule has 0 radical (unpaired) electrons. The summed E-state index contributed by atoms with van der Waals surface area (Å²) >= 11 is 0. The van der Waals surface area contributed by atoms with Gasteiger partial charge in [0.2, 0.25) is 5.91 Å². The molecule has 0 spiro atoms. The van der Waals surface area contributed by atoms with Gasteiger partial charge in [-0.25, -0.2) is 8.42 Å². The number of benzene rings is 2. The Labute approximate surface area is 190 Å². The van der Waals surface area contributed by atoms with Gasteiger partial charge < -0.3 is 9.64 Å². The van der Waals surface area contributed by atoms with Crippen molar-refractivity contribution in [3.63, 3.8) is 0 Å². The zero-order valence-electron chi connectivity index (χ0n) is 18.6. The van der Waals surface area contributed by atoms with Crippen molar-refractivity contribution in [2.75, 3.05) is 30.5 Å². The number of nitrogens with zero attached hydrogens (tertiary/aromatic N) is 2. The molecule has 1 aliphatic rings. The van der Waals surface area contributed by atoms with Crippen LogP contribution in [-0.4, -0.2) is 51.4 Å². The number of anilines is 1. The fraction of sp³-hybridized carbons (Fsp3) is 0.417. The summed E-state index contributed by atoms with van der Waals surface area (Å²) in [5.41, 5.74) is 1.53. The SMILES string of the molecule is CCOC(=O)C1CCN(C(=O)CN(c2ccc(CC)cc2)S(=O)(=O)c2ccccc2)CC1. The van der Waals surface area contributed by atoms with Crippen molar-refractivity contribution < 1.29 is 22.7 Å². The lowest BCUT2D eigenvalue weighted by atomic mass is 9.97. The quantitative estimate of drug-likeness (QED) is 0.567. The number of hydrogen-bond acceptors (Lipinski definition) is 5. The maximum Gasteiger partial charge on any atom is 0.309 e. The van der Waals surface area contributed by atoms with E-state index in [4.69, 9.17) is 4.74 Å². The molecule has 0 N–H and O–H groups in total. The summed E-state index contributed by atoms with van der Waals surface area (Å²) in [6, 6.07) is 15.3. The number of carbonyl (C=O) groups excluding carboxylic acids is 2. The summed E-state index contributed by atoms with van der Waals surface area (Å²) in [6.45, 7) is 4.63. The highest BCUT2D eigenvalue weighted by Crippen LogP contribution is 2.25. The molecule has 172 valence electrons. The fourth-order valence-corrected chi connectivity index (χ4v) is 5.22. The largest absolute Gasteiger partial charge is 0.466 e. The molecule has 8 heteroatoms. The molecule has 0 bridgehead atoms. The molecule has 1 amide bonds. The van der Waals surface area contributed by atoms with Gasteiger partial charge in [0.15, 0.2) is 0 Å². The number of hydrogen-bond donors (Lipinski definition) is 0. The Kier molecular flexibility index (Phi) is 7.90. The van der Waals surface area contributed by atoms with E-state index in [9.17, 15) is 18.0 Å². The van der Waals surface area contributed by atoms with Crippen LogP contribution in [0.15, 0.2) is 59.5 Å². The summed E-state index contributed by atoms with van der Waals surface area (Å²) < 4.78 is 33.1. The predicted octanol–water partition coefficient (Wildman–Crippen LogP) is 3.25. The zero-order valence-corrected chi connectivity index (χ0v) is 19.4. The Bertz CT molecular complexity index is 1010. The standard InChI is InChI=1S/C24H30N2O5S/c1-3-19-10-12-21(13-11-19)26(32(29,30)22-8-6-5-7-9-22)18-23(27)25-16-14-20(15-17-25)24(28)31-4-2/h5-13,20H,3-4,14-18H2,1-2H3. The lowest BCUT2D eigenvalue weighted by molar-refractivity contribution is -0.151. The maximum atomic E-state index is 13.4. The third-order valence-corrected chi connectivity index (χ3v) is 7.50. The highest BCUT2D eigenvalue weighted by molar-refractivity contribution is 7.92. The molecule has 1 fully saturated rings. The number of aryl methyl sites for hydroxylation is 1. The lowest BCUT2D eigenvalue weighted by Gasteiger charge is -2.33. The van der Waals surface area contributed by atoms with E-state index in [1.165, 1.54) is 16.4 Å². The molecule has 1 aliphatic heterocycles. The Morgan fingerprint density at radius 1 is 1.00 bits per heavy atom. The van der Waals surface area contributed by atoms with Crippen LogP contribution >= 0.6 is 0 Å². The van der Waals surface area contributed by atoms with Crippen molar-refractivity contribution in [1.82, 2.24) is 4.90 Å². The molecule has 3 rings (SSSR count). The molecule has 0 aromatic heterocycles. The molecular weight excluding hydrogens is 428 g/mol.